The Kier molecular flexibility index (Phi) is 4.67. The molecule has 8 heteroatoms. The molecule has 0 radical (unpaired) electrons. The molecule has 0 aliphatic rings. The van der Waals surface area contributed by atoms with Gasteiger partial charge in [-0.25, -0.2) is 0 Å². The Morgan fingerprint density at radius 1 is 1.45 bits per heavy atom. The first-order valence-electron chi connectivity index (χ1n) is 5.61. The quantitative estimate of drug-likeness (QED) is 0.605. The monoisotopic (exact) mass is 299 g/mol. The highest BCUT2D eigenvalue weighted by Crippen LogP contribution is 2.23. The number of aromatic nitrogens is 3. The van der Waals surface area contributed by atoms with Crippen molar-refractivity contribution in [2.75, 3.05) is 5.75 Å². The van der Waals surface area contributed by atoms with Crippen LogP contribution in [0.2, 0.25) is 0 Å². The number of thioether (sulfide) groups is 1. The van der Waals surface area contributed by atoms with Gasteiger partial charge in [-0.05, 0) is 12.1 Å². The molecule has 0 aliphatic heterocycles. The fourth-order valence-corrected chi connectivity index (χ4v) is 2.28. The second-order valence-corrected chi connectivity index (χ2v) is 4.75. The third-order valence-electron chi connectivity index (χ3n) is 2.41. The van der Waals surface area contributed by atoms with Crippen LogP contribution in [0, 0.1) is 0 Å². The topological polar surface area (TPSA) is 57.0 Å². The number of alkyl halides is 2. The number of hydrogen-bond acceptors (Lipinski definition) is 5. The zero-order valence-electron chi connectivity index (χ0n) is 10.5. The van der Waals surface area contributed by atoms with Crippen LogP contribution in [0.15, 0.2) is 35.7 Å². The number of benzene rings is 1. The Hall–Kier alpha value is -1.96. The maximum Gasteiger partial charge on any atom is 0.387 e. The van der Waals surface area contributed by atoms with Crippen LogP contribution in [-0.2, 0) is 7.05 Å². The van der Waals surface area contributed by atoms with E-state index in [1.165, 1.54) is 36.3 Å². The van der Waals surface area contributed by atoms with E-state index in [-0.39, 0.29) is 22.8 Å². The summed E-state index contributed by atoms with van der Waals surface area (Å²) in [5, 5.41) is 8.09. The smallest absolute Gasteiger partial charge is 0.387 e. The van der Waals surface area contributed by atoms with Gasteiger partial charge < -0.3 is 9.30 Å². The molecule has 1 aromatic heterocycles. The van der Waals surface area contributed by atoms with Crippen molar-refractivity contribution in [1.82, 2.24) is 14.8 Å². The molecule has 2 rings (SSSR count). The zero-order valence-corrected chi connectivity index (χ0v) is 11.3. The molecular weight excluding hydrogens is 288 g/mol. The van der Waals surface area contributed by atoms with E-state index in [4.69, 9.17) is 0 Å². The minimum Gasteiger partial charge on any atom is -0.434 e. The van der Waals surface area contributed by atoms with Gasteiger partial charge in [0.15, 0.2) is 10.9 Å². The van der Waals surface area contributed by atoms with Gasteiger partial charge in [-0.3, -0.25) is 4.79 Å². The highest BCUT2D eigenvalue weighted by Gasteiger charge is 2.16. The Morgan fingerprint density at radius 3 is 2.85 bits per heavy atom. The van der Waals surface area contributed by atoms with E-state index in [2.05, 4.69) is 14.9 Å². The van der Waals surface area contributed by atoms with Gasteiger partial charge in [0.2, 0.25) is 0 Å². The molecule has 0 unspecified atom stereocenters. The fourth-order valence-electron chi connectivity index (χ4n) is 1.51. The van der Waals surface area contributed by atoms with E-state index >= 15 is 0 Å². The lowest BCUT2D eigenvalue weighted by molar-refractivity contribution is -0.0501. The lowest BCUT2D eigenvalue weighted by Crippen LogP contribution is -2.09. The molecule has 20 heavy (non-hydrogen) atoms. The predicted molar refractivity (Wildman–Crippen MR) is 69.1 cm³/mol. The van der Waals surface area contributed by atoms with Crippen LogP contribution in [-0.4, -0.2) is 32.9 Å². The average Bonchev–Trinajstić information content (AvgIpc) is 2.81. The molecule has 0 saturated heterocycles. The summed E-state index contributed by atoms with van der Waals surface area (Å²) in [6.07, 6.45) is 1.51. The van der Waals surface area contributed by atoms with Crippen LogP contribution in [0.1, 0.15) is 10.4 Å². The SMILES string of the molecule is Cn1cnnc1SCC(=O)c1ccccc1OC(F)F. The lowest BCUT2D eigenvalue weighted by Gasteiger charge is -2.09. The van der Waals surface area contributed by atoms with Crippen molar-refractivity contribution in [1.29, 1.82) is 0 Å². The van der Waals surface area contributed by atoms with Crippen molar-refractivity contribution < 1.29 is 18.3 Å². The number of ketones is 1. The molecule has 106 valence electrons. The highest BCUT2D eigenvalue weighted by molar-refractivity contribution is 7.99. The zero-order chi connectivity index (χ0) is 14.5. The van der Waals surface area contributed by atoms with Crippen molar-refractivity contribution in [3.05, 3.63) is 36.2 Å². The molecule has 0 saturated carbocycles. The Balaban J connectivity index is 2.07. The summed E-state index contributed by atoms with van der Waals surface area (Å²) >= 11 is 1.18. The number of aryl methyl sites for hydroxylation is 1. The summed E-state index contributed by atoms with van der Waals surface area (Å²) in [6.45, 7) is -2.96. The van der Waals surface area contributed by atoms with Crippen molar-refractivity contribution in [3.8, 4) is 5.75 Å². The Bertz CT molecular complexity index is 604. The molecule has 0 aliphatic carbocycles. The van der Waals surface area contributed by atoms with Gasteiger partial charge in [0.1, 0.15) is 12.1 Å². The highest BCUT2D eigenvalue weighted by atomic mass is 32.2. The van der Waals surface area contributed by atoms with Gasteiger partial charge in [-0.15, -0.1) is 10.2 Å². The first kappa shape index (κ1) is 14.4. The fraction of sp³-hybridized carbons (Fsp3) is 0.250. The van der Waals surface area contributed by atoms with Crippen LogP contribution in [0.25, 0.3) is 0 Å². The predicted octanol–water partition coefficient (Wildman–Crippen LogP) is 2.39. The van der Waals surface area contributed by atoms with E-state index in [1.807, 2.05) is 0 Å². The summed E-state index contributed by atoms with van der Waals surface area (Å²) in [5.41, 5.74) is 0.127. The van der Waals surface area contributed by atoms with E-state index in [1.54, 1.807) is 17.7 Å². The molecule has 0 fully saturated rings. The minimum absolute atomic E-state index is 0.0656. The van der Waals surface area contributed by atoms with Gasteiger partial charge in [0.05, 0.1) is 11.3 Å². The Morgan fingerprint density at radius 2 is 2.20 bits per heavy atom. The van der Waals surface area contributed by atoms with Gasteiger partial charge in [-0.1, -0.05) is 23.9 Å². The molecule has 0 amide bonds. The van der Waals surface area contributed by atoms with Crippen molar-refractivity contribution in [3.63, 3.8) is 0 Å². The molecule has 5 nitrogen and oxygen atoms in total. The summed E-state index contributed by atoms with van der Waals surface area (Å²) in [5.74, 6) is -0.365. The van der Waals surface area contributed by atoms with Crippen molar-refractivity contribution in [2.45, 2.75) is 11.8 Å². The number of nitrogens with zero attached hydrogens (tertiary/aromatic N) is 3. The number of hydrogen-bond donors (Lipinski definition) is 0. The standard InChI is InChI=1S/C12H11F2N3O2S/c1-17-7-15-16-12(17)20-6-9(18)8-4-2-3-5-10(8)19-11(13)14/h2-5,7,11H,6H2,1H3. The summed E-state index contributed by atoms with van der Waals surface area (Å²) in [4.78, 5) is 12.1. The van der Waals surface area contributed by atoms with Crippen LogP contribution >= 0.6 is 11.8 Å². The van der Waals surface area contributed by atoms with E-state index in [0.29, 0.717) is 5.16 Å². The molecule has 1 aromatic carbocycles. The van der Waals surface area contributed by atoms with E-state index in [0.717, 1.165) is 0 Å². The Labute approximate surface area is 118 Å². The van der Waals surface area contributed by atoms with Gasteiger partial charge in [-0.2, -0.15) is 8.78 Å². The van der Waals surface area contributed by atoms with Crippen LogP contribution in [0.4, 0.5) is 8.78 Å². The van der Waals surface area contributed by atoms with Crippen LogP contribution < -0.4 is 4.74 Å². The number of ether oxygens (including phenoxy) is 1. The summed E-state index contributed by atoms with van der Waals surface area (Å²) in [7, 11) is 1.75. The number of para-hydroxylation sites is 1. The average molecular weight is 299 g/mol. The molecular formula is C12H11F2N3O2S. The van der Waals surface area contributed by atoms with Gasteiger partial charge in [0.25, 0.3) is 0 Å². The minimum atomic E-state index is -2.96. The molecule has 0 atom stereocenters. The van der Waals surface area contributed by atoms with Crippen LogP contribution in [0.5, 0.6) is 5.75 Å². The largest absolute Gasteiger partial charge is 0.434 e. The number of carbonyl (C=O) groups is 1. The molecule has 2 aromatic rings. The van der Waals surface area contributed by atoms with E-state index < -0.39 is 6.61 Å². The normalized spacial score (nSPS) is 10.8. The van der Waals surface area contributed by atoms with E-state index in [9.17, 15) is 13.6 Å². The molecule has 0 spiro atoms. The van der Waals surface area contributed by atoms with Crippen molar-refractivity contribution in [2.24, 2.45) is 7.05 Å². The number of Topliss-reactive ketones (excluding diaryl/α,β-unsaturated/α-hetero) is 1. The van der Waals surface area contributed by atoms with Crippen molar-refractivity contribution >= 4 is 17.5 Å². The lowest BCUT2D eigenvalue weighted by atomic mass is 10.1. The van der Waals surface area contributed by atoms with Crippen LogP contribution in [0.3, 0.4) is 0 Å². The first-order valence-corrected chi connectivity index (χ1v) is 6.60. The molecule has 0 N–H and O–H groups in total. The first-order chi connectivity index (χ1) is 9.58. The third kappa shape index (κ3) is 3.53. The maximum absolute atomic E-state index is 12.3. The van der Waals surface area contributed by atoms with Gasteiger partial charge >= 0.3 is 6.61 Å². The third-order valence-corrected chi connectivity index (χ3v) is 3.44. The number of carbonyl (C=O) groups excluding carboxylic acids is 1. The molecule has 0 bridgehead atoms. The summed E-state index contributed by atoms with van der Waals surface area (Å²) < 4.78 is 30.5. The molecule has 1 heterocycles. The number of halogens is 2. The number of rotatable bonds is 6. The summed E-state index contributed by atoms with van der Waals surface area (Å²) in [6, 6.07) is 5.92. The second-order valence-electron chi connectivity index (χ2n) is 3.81. The van der Waals surface area contributed by atoms with Gasteiger partial charge in [0, 0.05) is 7.05 Å². The second kappa shape index (κ2) is 6.47. The maximum atomic E-state index is 12.3.